The zero-order valence-corrected chi connectivity index (χ0v) is 14.3. The van der Waals surface area contributed by atoms with Crippen LogP contribution >= 0.6 is 39.9 Å². The molecule has 1 aromatic carbocycles. The van der Waals surface area contributed by atoms with Crippen molar-refractivity contribution in [2.45, 2.75) is 19.3 Å². The van der Waals surface area contributed by atoms with Gasteiger partial charge in [0.15, 0.2) is 0 Å². The molecule has 0 aromatic heterocycles. The van der Waals surface area contributed by atoms with Gasteiger partial charge >= 0.3 is 0 Å². The van der Waals surface area contributed by atoms with Gasteiger partial charge in [0.2, 0.25) is 0 Å². The fraction of sp³-hybridized carbons (Fsp3) is 0.500. The number of carbonyl (C=O) groups excluding carboxylic acids is 1. The molecule has 2 rings (SSSR count). The number of hydrogen-bond acceptors (Lipinski definition) is 2. The first kappa shape index (κ1) is 17.8. The number of carbonyl (C=O) groups is 1. The lowest BCUT2D eigenvalue weighted by atomic mass is 9.96. The fourth-order valence-electron chi connectivity index (χ4n) is 2.33. The first-order valence-corrected chi connectivity index (χ1v) is 7.78. The van der Waals surface area contributed by atoms with Gasteiger partial charge in [0, 0.05) is 16.0 Å². The van der Waals surface area contributed by atoms with Crippen molar-refractivity contribution in [3.63, 3.8) is 0 Å². The van der Waals surface area contributed by atoms with E-state index in [0.717, 1.165) is 30.5 Å². The minimum absolute atomic E-state index is 0. The van der Waals surface area contributed by atoms with Crippen molar-refractivity contribution in [2.24, 2.45) is 5.92 Å². The van der Waals surface area contributed by atoms with E-state index in [1.807, 2.05) is 0 Å². The van der Waals surface area contributed by atoms with Gasteiger partial charge < -0.3 is 10.6 Å². The molecule has 0 spiro atoms. The molecule has 0 bridgehead atoms. The van der Waals surface area contributed by atoms with Crippen molar-refractivity contribution in [2.75, 3.05) is 19.6 Å². The Labute approximate surface area is 139 Å². The van der Waals surface area contributed by atoms with Gasteiger partial charge in [-0.3, -0.25) is 4.79 Å². The largest absolute Gasteiger partial charge is 0.352 e. The molecule has 1 aromatic rings. The minimum atomic E-state index is -0.0488. The maximum Gasteiger partial charge on any atom is 0.252 e. The predicted molar refractivity (Wildman–Crippen MR) is 88.9 cm³/mol. The topological polar surface area (TPSA) is 41.1 Å². The second-order valence-corrected chi connectivity index (χ2v) is 6.17. The van der Waals surface area contributed by atoms with Crippen molar-refractivity contribution in [3.8, 4) is 0 Å². The maximum atomic E-state index is 12.0. The number of piperidine rings is 1. The molecule has 1 unspecified atom stereocenters. The Morgan fingerprint density at radius 3 is 2.95 bits per heavy atom. The van der Waals surface area contributed by atoms with Crippen molar-refractivity contribution in [1.82, 2.24) is 10.6 Å². The van der Waals surface area contributed by atoms with Crippen LogP contribution in [0.4, 0.5) is 0 Å². The van der Waals surface area contributed by atoms with Crippen LogP contribution in [0.2, 0.25) is 5.02 Å². The minimum Gasteiger partial charge on any atom is -0.352 e. The molecule has 2 N–H and O–H groups in total. The third-order valence-corrected chi connectivity index (χ3v) is 4.30. The van der Waals surface area contributed by atoms with Gasteiger partial charge in [0.1, 0.15) is 0 Å². The SMILES string of the molecule is Cl.O=C(NCCC1CCCNC1)c1ccc(Cl)cc1Br. The van der Waals surface area contributed by atoms with E-state index in [1.54, 1.807) is 18.2 Å². The van der Waals surface area contributed by atoms with Crippen molar-refractivity contribution >= 4 is 45.8 Å². The average Bonchev–Trinajstić information content (AvgIpc) is 2.39. The molecule has 0 radical (unpaired) electrons. The zero-order valence-electron chi connectivity index (χ0n) is 11.1. The smallest absolute Gasteiger partial charge is 0.252 e. The summed E-state index contributed by atoms with van der Waals surface area (Å²) in [6.07, 6.45) is 3.53. The highest BCUT2D eigenvalue weighted by atomic mass is 79.9. The molecule has 1 atom stereocenters. The lowest BCUT2D eigenvalue weighted by Crippen LogP contribution is -2.33. The second-order valence-electron chi connectivity index (χ2n) is 4.88. The lowest BCUT2D eigenvalue weighted by molar-refractivity contribution is 0.0950. The van der Waals surface area contributed by atoms with E-state index in [9.17, 15) is 4.79 Å². The van der Waals surface area contributed by atoms with E-state index in [1.165, 1.54) is 12.8 Å². The summed E-state index contributed by atoms with van der Waals surface area (Å²) in [5, 5.41) is 6.97. The molecule has 1 heterocycles. The molecule has 0 saturated carbocycles. The van der Waals surface area contributed by atoms with Gasteiger partial charge in [0.05, 0.1) is 5.56 Å². The Balaban J connectivity index is 0.00000200. The number of rotatable bonds is 4. The molecule has 20 heavy (non-hydrogen) atoms. The van der Waals surface area contributed by atoms with Gasteiger partial charge in [-0.2, -0.15) is 0 Å². The van der Waals surface area contributed by atoms with Gasteiger partial charge in [-0.25, -0.2) is 0 Å². The Morgan fingerprint density at radius 2 is 2.30 bits per heavy atom. The van der Waals surface area contributed by atoms with Crippen molar-refractivity contribution < 1.29 is 4.79 Å². The van der Waals surface area contributed by atoms with E-state index in [4.69, 9.17) is 11.6 Å². The molecule has 1 aliphatic heterocycles. The quantitative estimate of drug-likeness (QED) is 0.835. The van der Waals surface area contributed by atoms with Crippen LogP contribution in [0.3, 0.4) is 0 Å². The van der Waals surface area contributed by atoms with Crippen LogP contribution in [0.25, 0.3) is 0 Å². The summed E-state index contributed by atoms with van der Waals surface area (Å²) in [7, 11) is 0. The first-order valence-electron chi connectivity index (χ1n) is 6.61. The Hall–Kier alpha value is -0.290. The monoisotopic (exact) mass is 380 g/mol. The van der Waals surface area contributed by atoms with Crippen LogP contribution in [-0.2, 0) is 0 Å². The van der Waals surface area contributed by atoms with Crippen molar-refractivity contribution in [1.29, 1.82) is 0 Å². The molecule has 0 aliphatic carbocycles. The summed E-state index contributed by atoms with van der Waals surface area (Å²) in [4.78, 5) is 12.0. The van der Waals surface area contributed by atoms with E-state index < -0.39 is 0 Å². The average molecular weight is 382 g/mol. The number of halogens is 3. The van der Waals surface area contributed by atoms with Gasteiger partial charge in [-0.1, -0.05) is 11.6 Å². The van der Waals surface area contributed by atoms with E-state index in [0.29, 0.717) is 16.5 Å². The molecule has 112 valence electrons. The third-order valence-electron chi connectivity index (χ3n) is 3.41. The highest BCUT2D eigenvalue weighted by Gasteiger charge is 2.14. The van der Waals surface area contributed by atoms with E-state index >= 15 is 0 Å². The van der Waals surface area contributed by atoms with Gasteiger partial charge in [-0.05, 0) is 72.4 Å². The summed E-state index contributed by atoms with van der Waals surface area (Å²) in [6, 6.07) is 5.21. The van der Waals surface area contributed by atoms with Crippen LogP contribution < -0.4 is 10.6 Å². The third kappa shape index (κ3) is 5.24. The molecule has 1 saturated heterocycles. The molecule has 1 fully saturated rings. The van der Waals surface area contributed by atoms with Gasteiger partial charge in [-0.15, -0.1) is 12.4 Å². The van der Waals surface area contributed by atoms with E-state index in [-0.39, 0.29) is 18.3 Å². The van der Waals surface area contributed by atoms with Crippen LogP contribution in [0.1, 0.15) is 29.6 Å². The highest BCUT2D eigenvalue weighted by molar-refractivity contribution is 9.10. The summed E-state index contributed by atoms with van der Waals surface area (Å²) < 4.78 is 0.733. The molecule has 1 amide bonds. The van der Waals surface area contributed by atoms with Crippen LogP contribution in [0.15, 0.2) is 22.7 Å². The maximum absolute atomic E-state index is 12.0. The number of hydrogen-bond donors (Lipinski definition) is 2. The van der Waals surface area contributed by atoms with Crippen LogP contribution in [-0.4, -0.2) is 25.5 Å². The molecular weight excluding hydrogens is 363 g/mol. The summed E-state index contributed by atoms with van der Waals surface area (Å²) in [6.45, 7) is 2.92. The molecule has 3 nitrogen and oxygen atoms in total. The van der Waals surface area contributed by atoms with Crippen LogP contribution in [0, 0.1) is 5.92 Å². The van der Waals surface area contributed by atoms with Crippen LogP contribution in [0.5, 0.6) is 0 Å². The fourth-order valence-corrected chi connectivity index (χ4v) is 3.19. The Morgan fingerprint density at radius 1 is 1.50 bits per heavy atom. The Bertz CT molecular complexity index is 451. The summed E-state index contributed by atoms with van der Waals surface area (Å²) in [5.74, 6) is 0.634. The predicted octanol–water partition coefficient (Wildman–Crippen LogP) is 3.64. The summed E-state index contributed by atoms with van der Waals surface area (Å²) >= 11 is 9.22. The number of benzene rings is 1. The second kappa shape index (κ2) is 8.88. The normalized spacial score (nSPS) is 18.2. The zero-order chi connectivity index (χ0) is 13.7. The number of amides is 1. The molecule has 1 aliphatic rings. The van der Waals surface area contributed by atoms with Gasteiger partial charge in [0.25, 0.3) is 5.91 Å². The molecule has 6 heteroatoms. The van der Waals surface area contributed by atoms with E-state index in [2.05, 4.69) is 26.6 Å². The lowest BCUT2D eigenvalue weighted by Gasteiger charge is -2.22. The summed E-state index contributed by atoms with van der Waals surface area (Å²) in [5.41, 5.74) is 0.631. The Kier molecular flexibility index (Phi) is 7.88. The standard InChI is InChI=1S/C14H18BrClN2O.ClH/c15-13-8-11(16)3-4-12(13)14(19)18-7-5-10-2-1-6-17-9-10;/h3-4,8,10,17H,1-2,5-7,9H2,(H,18,19);1H. The molecular formula is C14H19BrCl2N2O. The number of nitrogens with one attached hydrogen (secondary N) is 2. The first-order chi connectivity index (χ1) is 9.16. The van der Waals surface area contributed by atoms with Crippen molar-refractivity contribution in [3.05, 3.63) is 33.3 Å². The highest BCUT2D eigenvalue weighted by Crippen LogP contribution is 2.21.